The first-order valence-corrected chi connectivity index (χ1v) is 18.4. The molecule has 0 saturated heterocycles. The van der Waals surface area contributed by atoms with E-state index in [4.69, 9.17) is 19.4 Å². The van der Waals surface area contributed by atoms with Gasteiger partial charge in [0, 0.05) is 33.5 Å². The molecule has 7 aromatic rings. The quantitative estimate of drug-likeness (QED) is 0.173. The number of aromatic nitrogens is 4. The van der Waals surface area contributed by atoms with Gasteiger partial charge in [0.05, 0.1) is 27.8 Å². The smallest absolute Gasteiger partial charge is 0.227 e. The fourth-order valence-electron chi connectivity index (χ4n) is 8.24. The molecule has 250 valence electrons. The van der Waals surface area contributed by atoms with Crippen molar-refractivity contribution in [1.82, 2.24) is 19.5 Å². The number of furan rings is 1. The standard InChI is InChI=1S/C44H48N4O/c1-24(2)31-22-35(25(3)4)40(36(23-31)26(5)6)48-41-38(20-18-30-17-16-27(7)45-39(30)41)46-43(48)34-15-11-14-32-33-19-21-37(47-44(33)49-42(32)34)28(8)29-12-9-10-13-29/h11,14-26,28-29H,9-10,12-13H2,1-8H3. The number of hydrogen-bond donors (Lipinski definition) is 0. The minimum Gasteiger partial charge on any atom is -0.437 e. The maximum atomic E-state index is 6.81. The lowest BCUT2D eigenvalue weighted by molar-refractivity contribution is 0.452. The van der Waals surface area contributed by atoms with E-state index in [-0.39, 0.29) is 0 Å². The van der Waals surface area contributed by atoms with E-state index in [2.05, 4.69) is 127 Å². The molecule has 1 aliphatic rings. The molecule has 1 fully saturated rings. The molecule has 5 heteroatoms. The van der Waals surface area contributed by atoms with Gasteiger partial charge in [-0.05, 0) is 90.5 Å². The minimum atomic E-state index is 0.299. The molecule has 4 heterocycles. The molecule has 0 radical (unpaired) electrons. The van der Waals surface area contributed by atoms with Gasteiger partial charge < -0.3 is 4.42 Å². The number of rotatable bonds is 7. The molecule has 0 aliphatic heterocycles. The van der Waals surface area contributed by atoms with Crippen LogP contribution in [-0.2, 0) is 0 Å². The summed E-state index contributed by atoms with van der Waals surface area (Å²) in [5, 5.41) is 3.23. The van der Waals surface area contributed by atoms with E-state index < -0.39 is 0 Å². The summed E-state index contributed by atoms with van der Waals surface area (Å²) in [6.45, 7) is 18.2. The average Bonchev–Trinajstić information content (AvgIpc) is 3.84. The molecule has 1 aliphatic carbocycles. The van der Waals surface area contributed by atoms with Crippen LogP contribution >= 0.6 is 0 Å². The lowest BCUT2D eigenvalue weighted by atomic mass is 9.87. The van der Waals surface area contributed by atoms with Gasteiger partial charge >= 0.3 is 0 Å². The van der Waals surface area contributed by atoms with Crippen molar-refractivity contribution >= 4 is 44.0 Å². The van der Waals surface area contributed by atoms with Crippen molar-refractivity contribution in [3.63, 3.8) is 0 Å². The second kappa shape index (κ2) is 12.1. The third-order valence-electron chi connectivity index (χ3n) is 11.1. The number of pyridine rings is 2. The lowest BCUT2D eigenvalue weighted by Crippen LogP contribution is -2.11. The Morgan fingerprint density at radius 2 is 1.45 bits per heavy atom. The summed E-state index contributed by atoms with van der Waals surface area (Å²) in [5.74, 6) is 3.01. The number of nitrogens with zero attached hydrogens (tertiary/aromatic N) is 4. The Kier molecular flexibility index (Phi) is 7.85. The topological polar surface area (TPSA) is 56.7 Å². The van der Waals surface area contributed by atoms with Crippen molar-refractivity contribution in [1.29, 1.82) is 0 Å². The number of aryl methyl sites for hydroxylation is 1. The van der Waals surface area contributed by atoms with Crippen LogP contribution in [0.15, 0.2) is 71.1 Å². The van der Waals surface area contributed by atoms with Crippen LogP contribution in [0, 0.1) is 12.8 Å². The predicted octanol–water partition coefficient (Wildman–Crippen LogP) is 12.5. The molecule has 49 heavy (non-hydrogen) atoms. The van der Waals surface area contributed by atoms with Gasteiger partial charge in [0.1, 0.15) is 11.4 Å². The zero-order valence-corrected chi connectivity index (χ0v) is 30.3. The van der Waals surface area contributed by atoms with Gasteiger partial charge in [0.25, 0.3) is 0 Å². The first-order chi connectivity index (χ1) is 23.6. The van der Waals surface area contributed by atoms with E-state index in [0.717, 1.165) is 61.1 Å². The molecule has 5 nitrogen and oxygen atoms in total. The number of para-hydroxylation sites is 1. The maximum absolute atomic E-state index is 6.81. The fraction of sp³-hybridized carbons (Fsp3) is 0.386. The van der Waals surface area contributed by atoms with Crippen LogP contribution in [0.2, 0.25) is 0 Å². The molecular formula is C44H48N4O. The van der Waals surface area contributed by atoms with Gasteiger partial charge in [0.15, 0.2) is 0 Å². The highest BCUT2D eigenvalue weighted by molar-refractivity contribution is 6.10. The summed E-state index contributed by atoms with van der Waals surface area (Å²) >= 11 is 0. The molecule has 0 N–H and O–H groups in total. The highest BCUT2D eigenvalue weighted by atomic mass is 16.3. The zero-order chi connectivity index (χ0) is 34.1. The molecule has 1 atom stereocenters. The van der Waals surface area contributed by atoms with Gasteiger partial charge in [-0.15, -0.1) is 0 Å². The Morgan fingerprint density at radius 3 is 2.14 bits per heavy atom. The Balaban J connectivity index is 1.46. The summed E-state index contributed by atoms with van der Waals surface area (Å²) in [6.07, 6.45) is 5.24. The van der Waals surface area contributed by atoms with Crippen molar-refractivity contribution in [3.05, 3.63) is 94.8 Å². The summed E-state index contributed by atoms with van der Waals surface area (Å²) < 4.78 is 9.23. The second-order valence-electron chi connectivity index (χ2n) is 15.4. The summed E-state index contributed by atoms with van der Waals surface area (Å²) in [4.78, 5) is 15.8. The highest BCUT2D eigenvalue weighted by Gasteiger charge is 2.28. The molecule has 3 aromatic carbocycles. The molecule has 0 spiro atoms. The molecule has 4 aromatic heterocycles. The highest BCUT2D eigenvalue weighted by Crippen LogP contribution is 2.44. The molecule has 1 unspecified atom stereocenters. The Hall–Kier alpha value is -4.51. The van der Waals surface area contributed by atoms with Crippen molar-refractivity contribution in [3.8, 4) is 17.1 Å². The van der Waals surface area contributed by atoms with E-state index in [0.29, 0.717) is 35.3 Å². The Bertz CT molecular complexity index is 2340. The van der Waals surface area contributed by atoms with Crippen LogP contribution in [0.3, 0.4) is 0 Å². The average molecular weight is 649 g/mol. The molecule has 8 rings (SSSR count). The van der Waals surface area contributed by atoms with Gasteiger partial charge in [0.2, 0.25) is 5.71 Å². The largest absolute Gasteiger partial charge is 0.437 e. The van der Waals surface area contributed by atoms with Crippen molar-refractivity contribution in [2.75, 3.05) is 0 Å². The molecule has 1 saturated carbocycles. The SMILES string of the molecule is Cc1ccc2ccc3nc(-c4cccc5c4oc4nc(C(C)C6CCCC6)ccc45)n(-c4c(C(C)C)cc(C(C)C)cc4C(C)C)c3c2n1. The second-order valence-corrected chi connectivity index (χ2v) is 15.4. The first-order valence-electron chi connectivity index (χ1n) is 18.4. The molecular weight excluding hydrogens is 601 g/mol. The van der Waals surface area contributed by atoms with Gasteiger partial charge in [-0.3, -0.25) is 9.55 Å². The van der Waals surface area contributed by atoms with Crippen LogP contribution in [0.25, 0.3) is 61.1 Å². The Labute approximate surface area is 289 Å². The Morgan fingerprint density at radius 1 is 0.735 bits per heavy atom. The number of benzene rings is 3. The van der Waals surface area contributed by atoms with Crippen molar-refractivity contribution in [2.45, 2.75) is 105 Å². The minimum absolute atomic E-state index is 0.299. The third kappa shape index (κ3) is 5.24. The van der Waals surface area contributed by atoms with Crippen LogP contribution in [-0.4, -0.2) is 19.5 Å². The predicted molar refractivity (Wildman–Crippen MR) is 204 cm³/mol. The van der Waals surface area contributed by atoms with Gasteiger partial charge in [-0.25, -0.2) is 9.97 Å². The normalized spacial score (nSPS) is 15.0. The third-order valence-corrected chi connectivity index (χ3v) is 11.1. The van der Waals surface area contributed by atoms with Crippen LogP contribution in [0.5, 0.6) is 0 Å². The van der Waals surface area contributed by atoms with Crippen LogP contribution < -0.4 is 0 Å². The molecule has 0 amide bonds. The monoisotopic (exact) mass is 648 g/mol. The van der Waals surface area contributed by atoms with Gasteiger partial charge in [-0.1, -0.05) is 97.7 Å². The number of fused-ring (bicyclic) bond motifs is 6. The van der Waals surface area contributed by atoms with E-state index in [9.17, 15) is 0 Å². The van der Waals surface area contributed by atoms with Gasteiger partial charge in [-0.2, -0.15) is 0 Å². The van der Waals surface area contributed by atoms with Crippen LogP contribution in [0.1, 0.15) is 126 Å². The fourth-order valence-corrected chi connectivity index (χ4v) is 8.24. The van der Waals surface area contributed by atoms with Crippen molar-refractivity contribution < 1.29 is 4.42 Å². The summed E-state index contributed by atoms with van der Waals surface area (Å²) in [5.41, 5.74) is 12.8. The summed E-state index contributed by atoms with van der Waals surface area (Å²) in [7, 11) is 0. The van der Waals surface area contributed by atoms with Crippen molar-refractivity contribution in [2.24, 2.45) is 5.92 Å². The van der Waals surface area contributed by atoms with E-state index >= 15 is 0 Å². The number of hydrogen-bond acceptors (Lipinski definition) is 4. The lowest BCUT2D eigenvalue weighted by Gasteiger charge is -2.25. The van der Waals surface area contributed by atoms with Crippen LogP contribution in [0.4, 0.5) is 0 Å². The van der Waals surface area contributed by atoms with E-state index in [1.165, 1.54) is 48.1 Å². The number of imidazole rings is 1. The summed E-state index contributed by atoms with van der Waals surface area (Å²) in [6, 6.07) is 24.3. The maximum Gasteiger partial charge on any atom is 0.227 e. The van der Waals surface area contributed by atoms with E-state index in [1.807, 2.05) is 0 Å². The van der Waals surface area contributed by atoms with E-state index in [1.54, 1.807) is 0 Å². The zero-order valence-electron chi connectivity index (χ0n) is 30.3. The first kappa shape index (κ1) is 31.7. The molecule has 0 bridgehead atoms.